The summed E-state index contributed by atoms with van der Waals surface area (Å²) in [5.74, 6) is -0.691. The minimum Gasteiger partial charge on any atom is -0.322 e. The van der Waals surface area contributed by atoms with Crippen LogP contribution in [0.2, 0.25) is 0 Å². The minimum absolute atomic E-state index is 0.0441. The molecule has 0 aliphatic heterocycles. The summed E-state index contributed by atoms with van der Waals surface area (Å²) in [7, 11) is -4.66. The lowest BCUT2D eigenvalue weighted by atomic mass is 10.2. The topological polar surface area (TPSA) is 179 Å². The standard InChI is InChI=1S/C26H22N4O6S4/c27-39(33,34)23-13-5-19(6-14-23)29-25(31)17-1-9-21(10-2-17)37-38-22-11-3-18(4-12-22)26(32)30-20-7-15-24(16-8-20)40(28,35)36/h1-16H,(H,29,31)(H,30,32)(H2,27,33,34)(H2,28,35,36). The summed E-state index contributed by atoms with van der Waals surface area (Å²) in [6.45, 7) is 0. The number of sulfonamides is 2. The highest BCUT2D eigenvalue weighted by molar-refractivity contribution is 8.76. The molecule has 0 spiro atoms. The zero-order chi connectivity index (χ0) is 28.9. The summed E-state index contributed by atoms with van der Waals surface area (Å²) >= 11 is 0. The lowest BCUT2D eigenvalue weighted by Gasteiger charge is -2.08. The predicted molar refractivity (Wildman–Crippen MR) is 156 cm³/mol. The molecule has 2 amide bonds. The van der Waals surface area contributed by atoms with Crippen LogP contribution in [-0.2, 0) is 20.0 Å². The van der Waals surface area contributed by atoms with Crippen molar-refractivity contribution >= 4 is 64.8 Å². The quantitative estimate of drug-likeness (QED) is 0.202. The van der Waals surface area contributed by atoms with Crippen LogP contribution in [0.4, 0.5) is 11.4 Å². The molecule has 206 valence electrons. The number of carbonyl (C=O) groups is 2. The Balaban J connectivity index is 1.29. The first-order valence-electron chi connectivity index (χ1n) is 11.3. The van der Waals surface area contributed by atoms with E-state index >= 15 is 0 Å². The molecule has 0 saturated carbocycles. The first-order valence-corrected chi connectivity index (χ1v) is 16.6. The van der Waals surface area contributed by atoms with Gasteiger partial charge in [-0.2, -0.15) is 0 Å². The number of nitrogens with one attached hydrogen (secondary N) is 2. The second kappa shape index (κ2) is 12.2. The van der Waals surface area contributed by atoms with Gasteiger partial charge in [-0.3, -0.25) is 9.59 Å². The average molecular weight is 615 g/mol. The van der Waals surface area contributed by atoms with E-state index in [0.29, 0.717) is 22.5 Å². The van der Waals surface area contributed by atoms with E-state index in [1.54, 1.807) is 48.5 Å². The number of benzene rings is 4. The number of hydrogen-bond acceptors (Lipinski definition) is 8. The van der Waals surface area contributed by atoms with Crippen LogP contribution < -0.4 is 20.9 Å². The van der Waals surface area contributed by atoms with Gasteiger partial charge in [0.15, 0.2) is 0 Å². The van der Waals surface area contributed by atoms with Gasteiger partial charge in [0.25, 0.3) is 11.8 Å². The van der Waals surface area contributed by atoms with Crippen LogP contribution in [0.3, 0.4) is 0 Å². The number of primary sulfonamides is 2. The third-order valence-corrected chi connectivity index (χ3v) is 9.62. The summed E-state index contributed by atoms with van der Waals surface area (Å²) in [4.78, 5) is 26.8. The molecule has 0 bridgehead atoms. The summed E-state index contributed by atoms with van der Waals surface area (Å²) in [6.07, 6.45) is 0. The third kappa shape index (κ3) is 7.94. The van der Waals surface area contributed by atoms with Crippen LogP contribution in [0.25, 0.3) is 0 Å². The second-order valence-electron chi connectivity index (χ2n) is 8.26. The normalized spacial score (nSPS) is 11.6. The molecular weight excluding hydrogens is 593 g/mol. The Kier molecular flexibility index (Phi) is 8.98. The van der Waals surface area contributed by atoms with Crippen molar-refractivity contribution in [1.29, 1.82) is 0 Å². The number of carbonyl (C=O) groups excluding carboxylic acids is 2. The lowest BCUT2D eigenvalue weighted by molar-refractivity contribution is 0.101. The highest BCUT2D eigenvalue weighted by Gasteiger charge is 2.11. The molecule has 0 heterocycles. The first-order chi connectivity index (χ1) is 18.9. The fourth-order valence-electron chi connectivity index (χ4n) is 3.28. The van der Waals surface area contributed by atoms with E-state index in [2.05, 4.69) is 10.6 Å². The monoisotopic (exact) mass is 614 g/mol. The fraction of sp³-hybridized carbons (Fsp3) is 0. The van der Waals surface area contributed by atoms with Crippen LogP contribution in [-0.4, -0.2) is 28.6 Å². The Labute approximate surface area is 239 Å². The molecule has 6 N–H and O–H groups in total. The van der Waals surface area contributed by atoms with Crippen molar-refractivity contribution in [3.63, 3.8) is 0 Å². The number of nitrogens with two attached hydrogens (primary N) is 2. The van der Waals surface area contributed by atoms with Crippen molar-refractivity contribution in [1.82, 2.24) is 0 Å². The number of anilines is 2. The highest BCUT2D eigenvalue weighted by Crippen LogP contribution is 2.37. The van der Waals surface area contributed by atoms with E-state index < -0.39 is 20.0 Å². The molecule has 0 unspecified atom stereocenters. The van der Waals surface area contributed by atoms with Crippen molar-refractivity contribution in [3.8, 4) is 0 Å². The Morgan fingerprint density at radius 3 is 1.07 bits per heavy atom. The van der Waals surface area contributed by atoms with Crippen LogP contribution >= 0.6 is 21.6 Å². The molecule has 10 nitrogen and oxygen atoms in total. The van der Waals surface area contributed by atoms with Gasteiger partial charge in [-0.05, 0) is 97.1 Å². The molecule has 4 aromatic carbocycles. The van der Waals surface area contributed by atoms with Crippen LogP contribution in [0.1, 0.15) is 20.7 Å². The van der Waals surface area contributed by atoms with E-state index in [4.69, 9.17) is 10.3 Å². The number of rotatable bonds is 9. The van der Waals surface area contributed by atoms with Crippen molar-refractivity contribution in [3.05, 3.63) is 108 Å². The van der Waals surface area contributed by atoms with Gasteiger partial charge < -0.3 is 10.6 Å². The molecule has 4 aromatic rings. The maximum absolute atomic E-state index is 12.5. The molecule has 0 radical (unpaired) electrons. The smallest absolute Gasteiger partial charge is 0.255 e. The van der Waals surface area contributed by atoms with Gasteiger partial charge in [-0.1, -0.05) is 21.6 Å². The van der Waals surface area contributed by atoms with Crippen molar-refractivity contribution in [2.75, 3.05) is 10.6 Å². The van der Waals surface area contributed by atoms with Gasteiger partial charge >= 0.3 is 0 Å². The number of amides is 2. The van der Waals surface area contributed by atoms with Crippen LogP contribution in [0, 0.1) is 0 Å². The second-order valence-corrected chi connectivity index (χ2v) is 13.7. The van der Waals surface area contributed by atoms with Gasteiger partial charge in [0.05, 0.1) is 9.79 Å². The van der Waals surface area contributed by atoms with E-state index in [1.807, 2.05) is 0 Å². The minimum atomic E-state index is -3.81. The third-order valence-electron chi connectivity index (χ3n) is 5.35. The SMILES string of the molecule is NS(=O)(=O)c1ccc(NC(=O)c2ccc(SSc3ccc(C(=O)Nc4ccc(S(N)(=O)=O)cc4)cc3)cc2)cc1. The average Bonchev–Trinajstić information content (AvgIpc) is 2.92. The Bertz CT molecular complexity index is 1610. The maximum atomic E-state index is 12.5. The van der Waals surface area contributed by atoms with Gasteiger partial charge in [-0.15, -0.1) is 0 Å². The summed E-state index contributed by atoms with van der Waals surface area (Å²) in [5, 5.41) is 15.6. The molecule has 0 aromatic heterocycles. The van der Waals surface area contributed by atoms with E-state index in [0.717, 1.165) is 9.79 Å². The predicted octanol–water partition coefficient (Wildman–Crippen LogP) is 4.29. The molecular formula is C26H22N4O6S4. The molecule has 14 heteroatoms. The van der Waals surface area contributed by atoms with E-state index in [9.17, 15) is 26.4 Å². The molecule has 0 fully saturated rings. The summed E-state index contributed by atoms with van der Waals surface area (Å²) < 4.78 is 45.4. The summed E-state index contributed by atoms with van der Waals surface area (Å²) in [5.41, 5.74) is 1.73. The first kappa shape index (κ1) is 29.3. The van der Waals surface area contributed by atoms with Crippen LogP contribution in [0.15, 0.2) is 117 Å². The molecule has 0 aliphatic rings. The maximum Gasteiger partial charge on any atom is 0.255 e. The summed E-state index contributed by atoms with van der Waals surface area (Å²) in [6, 6.07) is 25.1. The molecule has 4 rings (SSSR count). The van der Waals surface area contributed by atoms with Crippen molar-refractivity contribution in [2.24, 2.45) is 10.3 Å². The fourth-order valence-corrected chi connectivity index (χ4v) is 6.24. The lowest BCUT2D eigenvalue weighted by Crippen LogP contribution is -2.13. The van der Waals surface area contributed by atoms with Gasteiger partial charge in [0.1, 0.15) is 0 Å². The Hall–Kier alpha value is -3.66. The van der Waals surface area contributed by atoms with Gasteiger partial charge in [0.2, 0.25) is 20.0 Å². The van der Waals surface area contributed by atoms with Crippen molar-refractivity contribution in [2.45, 2.75) is 19.6 Å². The molecule has 40 heavy (non-hydrogen) atoms. The van der Waals surface area contributed by atoms with E-state index in [1.165, 1.54) is 70.1 Å². The van der Waals surface area contributed by atoms with Crippen molar-refractivity contribution < 1.29 is 26.4 Å². The number of hydrogen-bond donors (Lipinski definition) is 4. The highest BCUT2D eigenvalue weighted by atomic mass is 33.1. The van der Waals surface area contributed by atoms with Gasteiger partial charge in [-0.25, -0.2) is 27.1 Å². The molecule has 0 saturated heterocycles. The Morgan fingerprint density at radius 2 is 0.800 bits per heavy atom. The zero-order valence-corrected chi connectivity index (χ0v) is 23.7. The zero-order valence-electron chi connectivity index (χ0n) is 20.5. The van der Waals surface area contributed by atoms with E-state index in [-0.39, 0.29) is 21.6 Å². The van der Waals surface area contributed by atoms with Gasteiger partial charge in [0, 0.05) is 32.3 Å². The van der Waals surface area contributed by atoms with Crippen LogP contribution in [0.5, 0.6) is 0 Å². The molecule has 0 atom stereocenters. The largest absolute Gasteiger partial charge is 0.322 e. The Morgan fingerprint density at radius 1 is 0.500 bits per heavy atom. The molecule has 0 aliphatic carbocycles.